The summed E-state index contributed by atoms with van der Waals surface area (Å²) in [6.45, 7) is 4.71. The number of aliphatic hydroxyl groups excluding tert-OH is 1. The number of aromatic hydroxyl groups is 1. The second-order valence-corrected chi connectivity index (χ2v) is 8.72. The van der Waals surface area contributed by atoms with E-state index in [2.05, 4.69) is 46.5 Å². The van der Waals surface area contributed by atoms with Gasteiger partial charge in [0.05, 0.1) is 18.2 Å². The van der Waals surface area contributed by atoms with Crippen LogP contribution in [0.4, 0.5) is 0 Å². The molecule has 2 aromatic carbocycles. The van der Waals surface area contributed by atoms with Gasteiger partial charge in [-0.05, 0) is 62.5 Å². The summed E-state index contributed by atoms with van der Waals surface area (Å²) in [6, 6.07) is 16.8. The van der Waals surface area contributed by atoms with Crippen molar-refractivity contribution in [2.45, 2.75) is 31.8 Å². The summed E-state index contributed by atoms with van der Waals surface area (Å²) in [5.41, 5.74) is 2.11. The number of hydrogen-bond acceptors (Lipinski definition) is 6. The lowest BCUT2D eigenvalue weighted by Crippen LogP contribution is -2.25. The predicted octanol–water partition coefficient (Wildman–Crippen LogP) is 3.22. The Hall–Kier alpha value is -2.71. The topological polar surface area (TPSA) is 97.8 Å². The summed E-state index contributed by atoms with van der Waals surface area (Å²) in [6.07, 6.45) is 3.43. The molecule has 0 saturated heterocycles. The van der Waals surface area contributed by atoms with Crippen molar-refractivity contribution in [1.82, 2.24) is 15.2 Å². The maximum atomic E-state index is 11.5. The van der Waals surface area contributed by atoms with E-state index < -0.39 is 6.10 Å². The van der Waals surface area contributed by atoms with Crippen LogP contribution in [0.3, 0.4) is 0 Å². The van der Waals surface area contributed by atoms with Gasteiger partial charge in [-0.15, -0.1) is 0 Å². The molecular weight excluding hydrogens is 430 g/mol. The van der Waals surface area contributed by atoms with Crippen LogP contribution < -0.4 is 10.9 Å². The minimum atomic E-state index is -0.726. The maximum absolute atomic E-state index is 11.5. The Bertz CT molecular complexity index is 1050. The zero-order valence-electron chi connectivity index (χ0n) is 20.0. The van der Waals surface area contributed by atoms with Crippen LogP contribution in [0.1, 0.15) is 36.5 Å². The van der Waals surface area contributed by atoms with Crippen molar-refractivity contribution in [2.75, 3.05) is 46.4 Å². The number of benzene rings is 2. The van der Waals surface area contributed by atoms with Gasteiger partial charge in [-0.3, -0.25) is 4.79 Å². The van der Waals surface area contributed by atoms with Crippen LogP contribution in [0.5, 0.6) is 5.75 Å². The third-order valence-electron chi connectivity index (χ3n) is 5.99. The van der Waals surface area contributed by atoms with E-state index in [0.717, 1.165) is 58.5 Å². The minimum Gasteiger partial charge on any atom is -0.506 e. The van der Waals surface area contributed by atoms with Crippen molar-refractivity contribution in [3.05, 3.63) is 76.1 Å². The number of phenolic OH excluding ortho intramolecular Hbond substituents is 1. The Balaban J connectivity index is 1.22. The van der Waals surface area contributed by atoms with Gasteiger partial charge in [0.2, 0.25) is 5.56 Å². The van der Waals surface area contributed by atoms with E-state index in [9.17, 15) is 15.0 Å². The summed E-state index contributed by atoms with van der Waals surface area (Å²) in [5, 5.41) is 24.5. The molecule has 7 heteroatoms. The Morgan fingerprint density at radius 2 is 1.82 bits per heavy atom. The Morgan fingerprint density at radius 3 is 2.65 bits per heavy atom. The van der Waals surface area contributed by atoms with Gasteiger partial charge in [0.15, 0.2) is 0 Å². The number of phenols is 1. The summed E-state index contributed by atoms with van der Waals surface area (Å²) < 4.78 is 5.77. The van der Waals surface area contributed by atoms with E-state index in [1.807, 2.05) is 6.07 Å². The van der Waals surface area contributed by atoms with Gasteiger partial charge in [0.25, 0.3) is 0 Å². The van der Waals surface area contributed by atoms with Crippen LogP contribution in [-0.4, -0.2) is 66.5 Å². The van der Waals surface area contributed by atoms with Crippen LogP contribution in [0.15, 0.2) is 59.4 Å². The molecule has 0 aliphatic heterocycles. The molecule has 0 saturated carbocycles. The average molecular weight is 468 g/mol. The zero-order valence-corrected chi connectivity index (χ0v) is 20.0. The average Bonchev–Trinajstić information content (AvgIpc) is 2.85. The molecule has 0 unspecified atom stereocenters. The highest BCUT2D eigenvalue weighted by Crippen LogP contribution is 2.28. The molecule has 3 rings (SSSR count). The first kappa shape index (κ1) is 25.9. The van der Waals surface area contributed by atoms with Crippen LogP contribution in [0.2, 0.25) is 0 Å². The molecule has 184 valence electrons. The number of likely N-dealkylation sites (N-methyl/N-ethyl adjacent to an activating group) is 1. The molecule has 0 radical (unpaired) electrons. The highest BCUT2D eigenvalue weighted by molar-refractivity contribution is 5.87. The summed E-state index contributed by atoms with van der Waals surface area (Å²) >= 11 is 0. The number of aromatic nitrogens is 1. The van der Waals surface area contributed by atoms with Gasteiger partial charge in [-0.25, -0.2) is 0 Å². The molecule has 3 aromatic rings. The van der Waals surface area contributed by atoms with Gasteiger partial charge in [0, 0.05) is 37.7 Å². The van der Waals surface area contributed by atoms with Crippen LogP contribution in [0.25, 0.3) is 10.9 Å². The number of fused-ring (bicyclic) bond motifs is 1. The summed E-state index contributed by atoms with van der Waals surface area (Å²) in [5.74, 6) is -0.00217. The van der Waals surface area contributed by atoms with Crippen molar-refractivity contribution in [3.63, 3.8) is 0 Å². The van der Waals surface area contributed by atoms with E-state index in [-0.39, 0.29) is 11.3 Å². The molecule has 0 aliphatic carbocycles. The predicted molar refractivity (Wildman–Crippen MR) is 136 cm³/mol. The number of unbranched alkanes of at least 4 members (excludes halogenated alkanes) is 2. The molecular formula is C27H37N3O4. The molecule has 1 aromatic heterocycles. The Labute approximate surface area is 201 Å². The number of ether oxygens (including phenoxy) is 1. The molecule has 1 heterocycles. The molecule has 0 amide bonds. The second kappa shape index (κ2) is 13.9. The maximum Gasteiger partial charge on any atom is 0.248 e. The fraction of sp³-hybridized carbons (Fsp3) is 0.444. The molecule has 0 bridgehead atoms. The number of aliphatic hydroxyl groups is 1. The lowest BCUT2D eigenvalue weighted by molar-refractivity contribution is 0.108. The van der Waals surface area contributed by atoms with Gasteiger partial charge in [0.1, 0.15) is 5.75 Å². The van der Waals surface area contributed by atoms with Crippen molar-refractivity contribution in [1.29, 1.82) is 0 Å². The summed E-state index contributed by atoms with van der Waals surface area (Å²) in [7, 11) is 2.13. The van der Waals surface area contributed by atoms with E-state index in [1.165, 1.54) is 17.7 Å². The number of nitrogens with zero attached hydrogens (tertiary/aromatic N) is 1. The zero-order chi connectivity index (χ0) is 24.2. The van der Waals surface area contributed by atoms with E-state index in [1.54, 1.807) is 12.1 Å². The third-order valence-corrected chi connectivity index (χ3v) is 5.99. The smallest absolute Gasteiger partial charge is 0.248 e. The quantitative estimate of drug-likeness (QED) is 0.256. The summed E-state index contributed by atoms with van der Waals surface area (Å²) in [4.78, 5) is 16.5. The van der Waals surface area contributed by atoms with Crippen molar-refractivity contribution in [3.8, 4) is 5.75 Å². The Kier molecular flexibility index (Phi) is 10.6. The highest BCUT2D eigenvalue weighted by Gasteiger charge is 2.13. The number of H-pyrrole nitrogens is 1. The van der Waals surface area contributed by atoms with Gasteiger partial charge in [-0.2, -0.15) is 0 Å². The lowest BCUT2D eigenvalue weighted by atomic mass is 10.0. The first-order valence-electron chi connectivity index (χ1n) is 12.1. The van der Waals surface area contributed by atoms with Gasteiger partial charge in [-0.1, -0.05) is 36.4 Å². The number of nitrogens with one attached hydrogen (secondary N) is 2. The first-order valence-corrected chi connectivity index (χ1v) is 12.1. The van der Waals surface area contributed by atoms with E-state index in [4.69, 9.17) is 4.74 Å². The molecule has 0 aliphatic rings. The standard InChI is InChI=1S/C27H37N3O4/c1-30(16-14-21-8-4-2-5-9-21)17-19-34-18-7-3-6-15-28-20-25(32)22-10-12-24(31)27-23(22)11-13-26(33)29-27/h2,4-5,8-13,25,28,31-32H,3,6-7,14-20H2,1H3,(H,29,33)/t25-/m0/s1. The SMILES string of the molecule is CN(CCOCCCCCNC[C@H](O)c1ccc(O)c2[nH]c(=O)ccc12)CCc1ccccc1. The van der Waals surface area contributed by atoms with E-state index >= 15 is 0 Å². The molecule has 4 N–H and O–H groups in total. The molecule has 0 fully saturated rings. The minimum absolute atomic E-state index is 0.00217. The Morgan fingerprint density at radius 1 is 1.00 bits per heavy atom. The lowest BCUT2D eigenvalue weighted by Gasteiger charge is -2.16. The highest BCUT2D eigenvalue weighted by atomic mass is 16.5. The molecule has 0 spiro atoms. The number of aromatic amines is 1. The van der Waals surface area contributed by atoms with E-state index in [0.29, 0.717) is 23.0 Å². The molecule has 7 nitrogen and oxygen atoms in total. The monoisotopic (exact) mass is 467 g/mol. The van der Waals surface area contributed by atoms with Crippen LogP contribution in [0, 0.1) is 0 Å². The van der Waals surface area contributed by atoms with Crippen LogP contribution in [-0.2, 0) is 11.2 Å². The molecule has 1 atom stereocenters. The van der Waals surface area contributed by atoms with Crippen molar-refractivity contribution < 1.29 is 14.9 Å². The normalized spacial score (nSPS) is 12.4. The fourth-order valence-electron chi connectivity index (χ4n) is 3.93. The fourth-order valence-corrected chi connectivity index (χ4v) is 3.93. The number of pyridine rings is 1. The molecule has 34 heavy (non-hydrogen) atoms. The number of rotatable bonds is 15. The van der Waals surface area contributed by atoms with Crippen molar-refractivity contribution in [2.24, 2.45) is 0 Å². The first-order chi connectivity index (χ1) is 16.5. The van der Waals surface area contributed by atoms with Crippen molar-refractivity contribution >= 4 is 10.9 Å². The van der Waals surface area contributed by atoms with Gasteiger partial charge < -0.3 is 30.2 Å². The largest absolute Gasteiger partial charge is 0.506 e. The third kappa shape index (κ3) is 8.25. The van der Waals surface area contributed by atoms with Crippen LogP contribution >= 0.6 is 0 Å². The number of hydrogen-bond donors (Lipinski definition) is 4. The second-order valence-electron chi connectivity index (χ2n) is 8.72. The van der Waals surface area contributed by atoms with Gasteiger partial charge >= 0.3 is 0 Å².